The molecule has 1 aromatic rings. The maximum Gasteiger partial charge on any atom is 0.225 e. The fourth-order valence-electron chi connectivity index (χ4n) is 0.745. The van der Waals surface area contributed by atoms with Crippen molar-refractivity contribution in [1.29, 1.82) is 0 Å². The highest BCUT2D eigenvalue weighted by Gasteiger charge is 2.02. The minimum atomic E-state index is -0.0886. The Morgan fingerprint density at radius 2 is 2.58 bits per heavy atom. The van der Waals surface area contributed by atoms with E-state index in [2.05, 4.69) is 15.0 Å². The molecule has 0 aliphatic rings. The van der Waals surface area contributed by atoms with Crippen LogP contribution in [-0.4, -0.2) is 17.6 Å². The number of anilines is 1. The average molecular weight is 169 g/mol. The van der Waals surface area contributed by atoms with Gasteiger partial charge >= 0.3 is 0 Å². The van der Waals surface area contributed by atoms with Gasteiger partial charge in [0.2, 0.25) is 5.91 Å². The van der Waals surface area contributed by atoms with Crippen molar-refractivity contribution in [3.8, 4) is 0 Å². The van der Waals surface area contributed by atoms with Gasteiger partial charge in [0.05, 0.1) is 0 Å². The second kappa shape index (κ2) is 4.50. The molecular formula is C7H11N3O2. The summed E-state index contributed by atoms with van der Waals surface area (Å²) >= 11 is 0. The molecule has 0 saturated carbocycles. The number of aromatic nitrogens is 1. The van der Waals surface area contributed by atoms with Gasteiger partial charge in [0.15, 0.2) is 5.82 Å². The smallest absolute Gasteiger partial charge is 0.225 e. The fourth-order valence-corrected chi connectivity index (χ4v) is 0.745. The SMILES string of the molecule is NCCCC(=O)Nc1ccon1. The molecule has 0 bridgehead atoms. The number of hydrogen-bond donors (Lipinski definition) is 2. The lowest BCUT2D eigenvalue weighted by atomic mass is 10.3. The molecule has 12 heavy (non-hydrogen) atoms. The van der Waals surface area contributed by atoms with Crippen LogP contribution < -0.4 is 11.1 Å². The normalized spacial score (nSPS) is 9.75. The van der Waals surface area contributed by atoms with Gasteiger partial charge in [0, 0.05) is 12.5 Å². The van der Waals surface area contributed by atoms with Crippen LogP contribution in [0.5, 0.6) is 0 Å². The van der Waals surface area contributed by atoms with Gasteiger partial charge in [-0.3, -0.25) is 4.79 Å². The summed E-state index contributed by atoms with van der Waals surface area (Å²) in [5.74, 6) is 0.353. The van der Waals surface area contributed by atoms with E-state index in [1.54, 1.807) is 6.07 Å². The Balaban J connectivity index is 2.27. The maximum absolute atomic E-state index is 11.0. The molecule has 0 spiro atoms. The summed E-state index contributed by atoms with van der Waals surface area (Å²) in [5, 5.41) is 6.08. The van der Waals surface area contributed by atoms with Crippen molar-refractivity contribution in [3.05, 3.63) is 12.3 Å². The molecule has 0 saturated heterocycles. The van der Waals surface area contributed by atoms with E-state index in [0.717, 1.165) is 0 Å². The lowest BCUT2D eigenvalue weighted by Crippen LogP contribution is -2.13. The molecular weight excluding hydrogens is 158 g/mol. The highest BCUT2D eigenvalue weighted by molar-refractivity contribution is 5.89. The van der Waals surface area contributed by atoms with Crippen molar-refractivity contribution in [2.75, 3.05) is 11.9 Å². The molecule has 1 aromatic heterocycles. The number of hydrogen-bond acceptors (Lipinski definition) is 4. The lowest BCUT2D eigenvalue weighted by Gasteiger charge is -1.98. The monoisotopic (exact) mass is 169 g/mol. The Bertz CT molecular complexity index is 233. The van der Waals surface area contributed by atoms with Gasteiger partial charge in [0.1, 0.15) is 6.26 Å². The molecule has 0 aliphatic heterocycles. The maximum atomic E-state index is 11.0. The molecule has 0 aromatic carbocycles. The van der Waals surface area contributed by atoms with Crippen LogP contribution in [0, 0.1) is 0 Å². The van der Waals surface area contributed by atoms with Crippen LogP contribution in [0.2, 0.25) is 0 Å². The first-order valence-corrected chi connectivity index (χ1v) is 3.73. The van der Waals surface area contributed by atoms with Crippen LogP contribution >= 0.6 is 0 Å². The van der Waals surface area contributed by atoms with Crippen LogP contribution in [0.15, 0.2) is 16.9 Å². The topological polar surface area (TPSA) is 81.2 Å². The molecule has 0 aliphatic carbocycles. The van der Waals surface area contributed by atoms with E-state index in [-0.39, 0.29) is 5.91 Å². The van der Waals surface area contributed by atoms with Gasteiger partial charge in [-0.25, -0.2) is 0 Å². The average Bonchev–Trinajstić information content (AvgIpc) is 2.53. The molecule has 0 fully saturated rings. The van der Waals surface area contributed by atoms with E-state index in [4.69, 9.17) is 5.73 Å². The second-order valence-electron chi connectivity index (χ2n) is 2.33. The van der Waals surface area contributed by atoms with Crippen LogP contribution in [-0.2, 0) is 4.79 Å². The van der Waals surface area contributed by atoms with E-state index in [1.165, 1.54) is 6.26 Å². The Morgan fingerprint density at radius 3 is 3.17 bits per heavy atom. The second-order valence-corrected chi connectivity index (χ2v) is 2.33. The van der Waals surface area contributed by atoms with Crippen molar-refractivity contribution in [2.45, 2.75) is 12.8 Å². The van der Waals surface area contributed by atoms with Crippen LogP contribution in [0.25, 0.3) is 0 Å². The Morgan fingerprint density at radius 1 is 1.75 bits per heavy atom. The molecule has 1 heterocycles. The molecule has 1 amide bonds. The highest BCUT2D eigenvalue weighted by atomic mass is 16.5. The van der Waals surface area contributed by atoms with Gasteiger partial charge in [0.25, 0.3) is 0 Å². The summed E-state index contributed by atoms with van der Waals surface area (Å²) < 4.78 is 4.53. The number of nitrogens with two attached hydrogens (primary N) is 1. The summed E-state index contributed by atoms with van der Waals surface area (Å²) in [6, 6.07) is 1.58. The van der Waals surface area contributed by atoms with Crippen molar-refractivity contribution in [1.82, 2.24) is 5.16 Å². The van der Waals surface area contributed by atoms with Crippen molar-refractivity contribution in [3.63, 3.8) is 0 Å². The third-order valence-electron chi connectivity index (χ3n) is 1.31. The van der Waals surface area contributed by atoms with E-state index in [9.17, 15) is 4.79 Å². The van der Waals surface area contributed by atoms with Crippen LogP contribution in [0.1, 0.15) is 12.8 Å². The highest BCUT2D eigenvalue weighted by Crippen LogP contribution is 2.01. The summed E-state index contributed by atoms with van der Waals surface area (Å²) in [6.07, 6.45) is 2.51. The Kier molecular flexibility index (Phi) is 3.28. The minimum Gasteiger partial charge on any atom is -0.363 e. The zero-order valence-electron chi connectivity index (χ0n) is 6.62. The van der Waals surface area contributed by atoms with Crippen molar-refractivity contribution in [2.24, 2.45) is 5.73 Å². The van der Waals surface area contributed by atoms with Gasteiger partial charge in [-0.1, -0.05) is 5.16 Å². The fraction of sp³-hybridized carbons (Fsp3) is 0.429. The zero-order valence-corrected chi connectivity index (χ0v) is 6.62. The predicted octanol–water partition coefficient (Wildman–Crippen LogP) is 0.352. The van der Waals surface area contributed by atoms with Crippen molar-refractivity contribution < 1.29 is 9.32 Å². The number of carbonyl (C=O) groups is 1. The van der Waals surface area contributed by atoms with E-state index in [0.29, 0.717) is 25.2 Å². The Labute approximate surface area is 69.9 Å². The molecule has 5 heteroatoms. The third-order valence-corrected chi connectivity index (χ3v) is 1.31. The zero-order chi connectivity index (χ0) is 8.81. The lowest BCUT2D eigenvalue weighted by molar-refractivity contribution is -0.116. The molecule has 0 atom stereocenters. The van der Waals surface area contributed by atoms with Gasteiger partial charge in [-0.05, 0) is 13.0 Å². The number of nitrogens with one attached hydrogen (secondary N) is 1. The van der Waals surface area contributed by atoms with E-state index in [1.807, 2.05) is 0 Å². The first-order chi connectivity index (χ1) is 5.83. The number of nitrogens with zero attached hydrogens (tertiary/aromatic N) is 1. The predicted molar refractivity (Wildman–Crippen MR) is 43.4 cm³/mol. The number of amides is 1. The standard InChI is InChI=1S/C7H11N3O2/c8-4-1-2-7(11)9-6-3-5-12-10-6/h3,5H,1-2,4,8H2,(H,9,10,11). The quantitative estimate of drug-likeness (QED) is 0.681. The molecule has 1 rings (SSSR count). The summed E-state index contributed by atoms with van der Waals surface area (Å²) in [7, 11) is 0. The van der Waals surface area contributed by atoms with Gasteiger partial charge in [-0.2, -0.15) is 0 Å². The first kappa shape index (κ1) is 8.73. The summed E-state index contributed by atoms with van der Waals surface area (Å²) in [6.45, 7) is 0.520. The van der Waals surface area contributed by atoms with Crippen molar-refractivity contribution >= 4 is 11.7 Å². The largest absolute Gasteiger partial charge is 0.363 e. The summed E-state index contributed by atoms with van der Waals surface area (Å²) in [5.41, 5.74) is 5.24. The van der Waals surface area contributed by atoms with Crippen LogP contribution in [0.3, 0.4) is 0 Å². The Hall–Kier alpha value is -1.36. The van der Waals surface area contributed by atoms with E-state index >= 15 is 0 Å². The molecule has 0 unspecified atom stereocenters. The molecule has 5 nitrogen and oxygen atoms in total. The number of rotatable bonds is 4. The van der Waals surface area contributed by atoms with E-state index < -0.39 is 0 Å². The van der Waals surface area contributed by atoms with Gasteiger partial charge in [-0.15, -0.1) is 0 Å². The first-order valence-electron chi connectivity index (χ1n) is 3.73. The molecule has 3 N–H and O–H groups in total. The molecule has 0 radical (unpaired) electrons. The third kappa shape index (κ3) is 2.71. The minimum absolute atomic E-state index is 0.0886. The number of carbonyl (C=O) groups excluding carboxylic acids is 1. The van der Waals surface area contributed by atoms with Crippen LogP contribution in [0.4, 0.5) is 5.82 Å². The van der Waals surface area contributed by atoms with Gasteiger partial charge < -0.3 is 15.6 Å². The summed E-state index contributed by atoms with van der Waals surface area (Å²) in [4.78, 5) is 11.0. The molecule has 66 valence electrons.